The van der Waals surface area contributed by atoms with Gasteiger partial charge in [0.05, 0.1) is 11.9 Å². The summed E-state index contributed by atoms with van der Waals surface area (Å²) < 4.78 is 7.12. The first-order chi connectivity index (χ1) is 14.0. The fraction of sp³-hybridized carbons (Fsp3) is 0.522. The summed E-state index contributed by atoms with van der Waals surface area (Å²) in [5, 5.41) is 9.91. The number of anilines is 1. The lowest BCUT2D eigenvalue weighted by atomic mass is 9.87. The number of hydrogen-bond acceptors (Lipinski definition) is 4. The maximum Gasteiger partial charge on any atom is 0.262 e. The monoisotopic (exact) mass is 414 g/mol. The van der Waals surface area contributed by atoms with Gasteiger partial charge < -0.3 is 15.4 Å². The predicted molar refractivity (Wildman–Crippen MR) is 119 cm³/mol. The molecule has 0 spiro atoms. The minimum absolute atomic E-state index is 0.0662. The first-order valence-corrected chi connectivity index (χ1v) is 10.4. The van der Waals surface area contributed by atoms with E-state index in [1.54, 1.807) is 24.7 Å². The van der Waals surface area contributed by atoms with E-state index in [-0.39, 0.29) is 23.8 Å². The van der Waals surface area contributed by atoms with Gasteiger partial charge in [0.1, 0.15) is 11.3 Å². The Labute approximate surface area is 179 Å². The first kappa shape index (κ1) is 23.4. The molecule has 0 saturated heterocycles. The van der Waals surface area contributed by atoms with Gasteiger partial charge in [-0.15, -0.1) is 0 Å². The van der Waals surface area contributed by atoms with Crippen LogP contribution in [0.5, 0.6) is 5.75 Å². The summed E-state index contributed by atoms with van der Waals surface area (Å²) in [7, 11) is 0. The molecule has 164 valence electrons. The Kier molecular flexibility index (Phi) is 7.65. The van der Waals surface area contributed by atoms with Crippen molar-refractivity contribution in [1.82, 2.24) is 15.1 Å². The molecule has 0 bridgehead atoms. The summed E-state index contributed by atoms with van der Waals surface area (Å²) in [5.74, 6) is 0.234. The Morgan fingerprint density at radius 1 is 1.10 bits per heavy atom. The van der Waals surface area contributed by atoms with Crippen LogP contribution in [0.15, 0.2) is 36.7 Å². The van der Waals surface area contributed by atoms with Crippen LogP contribution in [0.4, 0.5) is 5.69 Å². The molecule has 0 aliphatic carbocycles. The summed E-state index contributed by atoms with van der Waals surface area (Å²) in [6, 6.07) is 7.74. The van der Waals surface area contributed by atoms with Crippen molar-refractivity contribution in [1.29, 1.82) is 0 Å². The fourth-order valence-corrected chi connectivity index (χ4v) is 2.79. The second kappa shape index (κ2) is 9.78. The highest BCUT2D eigenvalue weighted by atomic mass is 16.5. The topological polar surface area (TPSA) is 85.2 Å². The highest BCUT2D eigenvalue weighted by molar-refractivity contribution is 5.91. The Morgan fingerprint density at radius 2 is 1.77 bits per heavy atom. The number of rotatable bonds is 9. The molecule has 2 rings (SSSR count). The first-order valence-electron chi connectivity index (χ1n) is 10.4. The molecule has 7 nitrogen and oxygen atoms in total. The van der Waals surface area contributed by atoms with Crippen molar-refractivity contribution in [2.45, 2.75) is 65.3 Å². The molecule has 2 aromatic rings. The number of aromatic nitrogens is 2. The highest BCUT2D eigenvalue weighted by Gasteiger charge is 2.30. The molecule has 0 unspecified atom stereocenters. The van der Waals surface area contributed by atoms with E-state index in [4.69, 9.17) is 4.74 Å². The van der Waals surface area contributed by atoms with Crippen LogP contribution >= 0.6 is 0 Å². The molecule has 0 saturated carbocycles. The van der Waals surface area contributed by atoms with Gasteiger partial charge in [-0.2, -0.15) is 5.10 Å². The lowest BCUT2D eigenvalue weighted by Gasteiger charge is -2.24. The number of amides is 2. The summed E-state index contributed by atoms with van der Waals surface area (Å²) in [5.41, 5.74) is 0.924. The van der Waals surface area contributed by atoms with Crippen molar-refractivity contribution in [3.05, 3.63) is 42.2 Å². The predicted octanol–water partition coefficient (Wildman–Crippen LogP) is 3.85. The molecular weight excluding hydrogens is 380 g/mol. The van der Waals surface area contributed by atoms with Gasteiger partial charge in [-0.25, -0.2) is 0 Å². The summed E-state index contributed by atoms with van der Waals surface area (Å²) in [4.78, 5) is 24.7. The van der Waals surface area contributed by atoms with E-state index in [0.717, 1.165) is 12.8 Å². The van der Waals surface area contributed by atoms with Crippen LogP contribution in [-0.2, 0) is 20.5 Å². The van der Waals surface area contributed by atoms with Gasteiger partial charge in [0.2, 0.25) is 5.91 Å². The SMILES string of the molecule is CCCCNC(=O)C(C)(C)n1cc(NC(=O)COc2ccc(C(C)(C)C)cc2)cn1. The minimum Gasteiger partial charge on any atom is -0.484 e. The Balaban J connectivity index is 1.89. The molecule has 1 aromatic heterocycles. The number of carbonyl (C=O) groups is 2. The number of benzene rings is 1. The molecule has 0 radical (unpaired) electrons. The number of carbonyl (C=O) groups excluding carboxylic acids is 2. The Hall–Kier alpha value is -2.83. The second-order valence-electron chi connectivity index (χ2n) is 8.95. The van der Waals surface area contributed by atoms with Gasteiger partial charge in [0.25, 0.3) is 5.91 Å². The van der Waals surface area contributed by atoms with Crippen molar-refractivity contribution >= 4 is 17.5 Å². The third-order valence-electron chi connectivity index (χ3n) is 4.90. The molecule has 0 atom stereocenters. The van der Waals surface area contributed by atoms with Crippen LogP contribution in [0.25, 0.3) is 0 Å². The van der Waals surface area contributed by atoms with E-state index < -0.39 is 5.54 Å². The van der Waals surface area contributed by atoms with Gasteiger partial charge in [-0.1, -0.05) is 46.2 Å². The van der Waals surface area contributed by atoms with Gasteiger partial charge in [-0.05, 0) is 43.4 Å². The van der Waals surface area contributed by atoms with E-state index >= 15 is 0 Å². The number of unbranched alkanes of at least 4 members (excludes halogenated alkanes) is 1. The molecular formula is C23H34N4O3. The lowest BCUT2D eigenvalue weighted by molar-refractivity contribution is -0.128. The van der Waals surface area contributed by atoms with Crippen molar-refractivity contribution in [2.75, 3.05) is 18.5 Å². The lowest BCUT2D eigenvalue weighted by Crippen LogP contribution is -2.45. The molecule has 2 N–H and O–H groups in total. The third kappa shape index (κ3) is 6.34. The molecule has 0 aliphatic heterocycles. The van der Waals surface area contributed by atoms with Crippen molar-refractivity contribution in [3.63, 3.8) is 0 Å². The number of nitrogens with one attached hydrogen (secondary N) is 2. The van der Waals surface area contributed by atoms with Crippen LogP contribution < -0.4 is 15.4 Å². The highest BCUT2D eigenvalue weighted by Crippen LogP contribution is 2.24. The van der Waals surface area contributed by atoms with E-state index in [0.29, 0.717) is 18.0 Å². The summed E-state index contributed by atoms with van der Waals surface area (Å²) in [6.45, 7) is 12.6. The van der Waals surface area contributed by atoms with E-state index in [1.165, 1.54) is 11.8 Å². The van der Waals surface area contributed by atoms with Crippen LogP contribution in [0.2, 0.25) is 0 Å². The minimum atomic E-state index is -0.859. The number of ether oxygens (including phenoxy) is 1. The van der Waals surface area contributed by atoms with Gasteiger partial charge >= 0.3 is 0 Å². The van der Waals surface area contributed by atoms with E-state index in [9.17, 15) is 9.59 Å². The van der Waals surface area contributed by atoms with Crippen LogP contribution in [0.3, 0.4) is 0 Å². The molecule has 2 amide bonds. The average Bonchev–Trinajstić information content (AvgIpc) is 3.15. The van der Waals surface area contributed by atoms with Crippen LogP contribution in [0, 0.1) is 0 Å². The van der Waals surface area contributed by atoms with Gasteiger partial charge in [0, 0.05) is 12.7 Å². The summed E-state index contributed by atoms with van der Waals surface area (Å²) >= 11 is 0. The normalized spacial score (nSPS) is 11.8. The average molecular weight is 415 g/mol. The number of nitrogens with zero attached hydrogens (tertiary/aromatic N) is 2. The Morgan fingerprint density at radius 3 is 2.37 bits per heavy atom. The van der Waals surface area contributed by atoms with Crippen LogP contribution in [0.1, 0.15) is 59.9 Å². The zero-order chi connectivity index (χ0) is 22.4. The zero-order valence-corrected chi connectivity index (χ0v) is 18.9. The molecule has 1 heterocycles. The molecule has 7 heteroatoms. The molecule has 1 aromatic carbocycles. The van der Waals surface area contributed by atoms with Crippen LogP contribution in [-0.4, -0.2) is 34.7 Å². The molecule has 0 aliphatic rings. The molecule has 0 fully saturated rings. The van der Waals surface area contributed by atoms with Crippen molar-refractivity contribution in [2.24, 2.45) is 0 Å². The maximum absolute atomic E-state index is 12.4. The molecule has 30 heavy (non-hydrogen) atoms. The fourth-order valence-electron chi connectivity index (χ4n) is 2.79. The maximum atomic E-state index is 12.4. The standard InChI is InChI=1S/C23H34N4O3/c1-7-8-13-24-21(29)23(5,6)27-15-18(14-25-27)26-20(28)16-30-19-11-9-17(10-12-19)22(2,3)4/h9-12,14-15H,7-8,13,16H2,1-6H3,(H,24,29)(H,26,28). The Bertz CT molecular complexity index is 848. The third-order valence-corrected chi connectivity index (χ3v) is 4.90. The van der Waals surface area contributed by atoms with Gasteiger partial charge in [0.15, 0.2) is 6.61 Å². The van der Waals surface area contributed by atoms with E-state index in [1.807, 2.05) is 24.3 Å². The smallest absolute Gasteiger partial charge is 0.262 e. The second-order valence-corrected chi connectivity index (χ2v) is 8.95. The van der Waals surface area contributed by atoms with Crippen molar-refractivity contribution in [3.8, 4) is 5.75 Å². The largest absolute Gasteiger partial charge is 0.484 e. The number of hydrogen-bond donors (Lipinski definition) is 2. The quantitative estimate of drug-likeness (QED) is 0.611. The van der Waals surface area contributed by atoms with Gasteiger partial charge in [-0.3, -0.25) is 14.3 Å². The van der Waals surface area contributed by atoms with E-state index in [2.05, 4.69) is 43.4 Å². The zero-order valence-electron chi connectivity index (χ0n) is 18.9. The summed E-state index contributed by atoms with van der Waals surface area (Å²) in [6.07, 6.45) is 5.12. The van der Waals surface area contributed by atoms with Crippen molar-refractivity contribution < 1.29 is 14.3 Å².